The van der Waals surface area contributed by atoms with Gasteiger partial charge in [0, 0.05) is 39.8 Å². The van der Waals surface area contributed by atoms with E-state index in [1.165, 1.54) is 17.0 Å². The lowest BCUT2D eigenvalue weighted by atomic mass is 10.2. The average Bonchev–Trinajstić information content (AvgIpc) is 2.26. The summed E-state index contributed by atoms with van der Waals surface area (Å²) in [5.41, 5.74) is 0.659. The van der Waals surface area contributed by atoms with Gasteiger partial charge in [0.05, 0.1) is 0 Å². The number of rotatable bonds is 5. The molecule has 0 saturated heterocycles. The minimum atomic E-state index is -0.465. The van der Waals surface area contributed by atoms with Crippen molar-refractivity contribution >= 4 is 6.03 Å². The number of benzene rings is 1. The molecule has 0 aromatic heterocycles. The Kier molecular flexibility index (Phi) is 5.38. The minimum absolute atomic E-state index is 0.0901. The fourth-order valence-corrected chi connectivity index (χ4v) is 1.38. The van der Waals surface area contributed by atoms with Crippen LogP contribution in [0.3, 0.4) is 0 Å². The SMILES string of the molecule is CN(C)C(=O)NCCNCc1cc(O)cc(F)c1. The van der Waals surface area contributed by atoms with Crippen LogP contribution in [0.5, 0.6) is 5.75 Å². The lowest BCUT2D eigenvalue weighted by molar-refractivity contribution is 0.217. The number of carbonyl (C=O) groups excluding carboxylic acids is 1. The van der Waals surface area contributed by atoms with Crippen LogP contribution >= 0.6 is 0 Å². The van der Waals surface area contributed by atoms with Crippen LogP contribution in [0.25, 0.3) is 0 Å². The van der Waals surface area contributed by atoms with E-state index in [9.17, 15) is 14.3 Å². The molecule has 0 spiro atoms. The smallest absolute Gasteiger partial charge is 0.316 e. The van der Waals surface area contributed by atoms with Crippen molar-refractivity contribution in [3.63, 3.8) is 0 Å². The molecule has 1 aromatic rings. The zero-order valence-corrected chi connectivity index (χ0v) is 10.5. The van der Waals surface area contributed by atoms with E-state index in [4.69, 9.17) is 0 Å². The van der Waals surface area contributed by atoms with Gasteiger partial charge in [0.15, 0.2) is 0 Å². The lowest BCUT2D eigenvalue weighted by Gasteiger charge is -2.12. The Morgan fingerprint density at radius 2 is 2.06 bits per heavy atom. The van der Waals surface area contributed by atoms with Crippen LogP contribution in [0.15, 0.2) is 18.2 Å². The van der Waals surface area contributed by atoms with E-state index in [0.29, 0.717) is 25.2 Å². The highest BCUT2D eigenvalue weighted by atomic mass is 19.1. The lowest BCUT2D eigenvalue weighted by Crippen LogP contribution is -2.38. The first-order chi connectivity index (χ1) is 8.49. The number of nitrogens with zero attached hydrogens (tertiary/aromatic N) is 1. The highest BCUT2D eigenvalue weighted by Gasteiger charge is 2.01. The molecule has 1 rings (SSSR count). The van der Waals surface area contributed by atoms with E-state index in [1.807, 2.05) is 0 Å². The summed E-state index contributed by atoms with van der Waals surface area (Å²) in [6, 6.07) is 3.75. The van der Waals surface area contributed by atoms with Crippen molar-refractivity contribution in [1.82, 2.24) is 15.5 Å². The van der Waals surface area contributed by atoms with Crippen LogP contribution in [-0.2, 0) is 6.54 Å². The van der Waals surface area contributed by atoms with Crippen molar-refractivity contribution in [2.24, 2.45) is 0 Å². The second-order valence-corrected chi connectivity index (χ2v) is 4.12. The summed E-state index contributed by atoms with van der Waals surface area (Å²) >= 11 is 0. The average molecular weight is 255 g/mol. The Morgan fingerprint density at radius 3 is 2.67 bits per heavy atom. The van der Waals surface area contributed by atoms with Gasteiger partial charge in [-0.2, -0.15) is 0 Å². The molecule has 0 radical (unpaired) electrons. The molecule has 18 heavy (non-hydrogen) atoms. The molecule has 100 valence electrons. The quantitative estimate of drug-likeness (QED) is 0.685. The van der Waals surface area contributed by atoms with Gasteiger partial charge >= 0.3 is 6.03 Å². The standard InChI is InChI=1S/C12H18FN3O2/c1-16(2)12(18)15-4-3-14-8-9-5-10(13)7-11(17)6-9/h5-7,14,17H,3-4,8H2,1-2H3,(H,15,18). The van der Waals surface area contributed by atoms with Gasteiger partial charge in [0.2, 0.25) is 0 Å². The van der Waals surface area contributed by atoms with Gasteiger partial charge in [0.25, 0.3) is 0 Å². The molecule has 0 bridgehead atoms. The molecule has 5 nitrogen and oxygen atoms in total. The first-order valence-electron chi connectivity index (χ1n) is 5.63. The molecule has 3 N–H and O–H groups in total. The van der Waals surface area contributed by atoms with Crippen molar-refractivity contribution in [3.8, 4) is 5.75 Å². The molecule has 0 aliphatic carbocycles. The van der Waals surface area contributed by atoms with Gasteiger partial charge in [-0.15, -0.1) is 0 Å². The van der Waals surface area contributed by atoms with Crippen LogP contribution in [0.1, 0.15) is 5.56 Å². The third-order valence-corrected chi connectivity index (χ3v) is 2.26. The Hall–Kier alpha value is -1.82. The summed E-state index contributed by atoms with van der Waals surface area (Å²) < 4.78 is 12.9. The number of nitrogens with one attached hydrogen (secondary N) is 2. The number of hydrogen-bond donors (Lipinski definition) is 3. The molecular formula is C12H18FN3O2. The largest absolute Gasteiger partial charge is 0.508 e. The number of aromatic hydroxyl groups is 1. The number of carbonyl (C=O) groups is 1. The van der Waals surface area contributed by atoms with Crippen molar-refractivity contribution in [3.05, 3.63) is 29.6 Å². The van der Waals surface area contributed by atoms with Crippen LogP contribution in [-0.4, -0.2) is 43.2 Å². The summed E-state index contributed by atoms with van der Waals surface area (Å²) in [6.45, 7) is 1.48. The fourth-order valence-electron chi connectivity index (χ4n) is 1.38. The van der Waals surface area contributed by atoms with Gasteiger partial charge in [-0.1, -0.05) is 0 Å². The Morgan fingerprint density at radius 1 is 1.33 bits per heavy atom. The van der Waals surface area contributed by atoms with Gasteiger partial charge in [-0.05, 0) is 17.7 Å². The highest BCUT2D eigenvalue weighted by Crippen LogP contribution is 2.14. The number of hydrogen-bond acceptors (Lipinski definition) is 3. The highest BCUT2D eigenvalue weighted by molar-refractivity contribution is 5.73. The molecule has 0 heterocycles. The molecular weight excluding hydrogens is 237 g/mol. The van der Waals surface area contributed by atoms with E-state index < -0.39 is 5.82 Å². The van der Waals surface area contributed by atoms with E-state index >= 15 is 0 Å². The molecule has 6 heteroatoms. The predicted molar refractivity (Wildman–Crippen MR) is 66.9 cm³/mol. The van der Waals surface area contributed by atoms with Gasteiger partial charge in [-0.25, -0.2) is 9.18 Å². The number of amides is 2. The third-order valence-electron chi connectivity index (χ3n) is 2.26. The molecule has 1 aromatic carbocycles. The first-order valence-corrected chi connectivity index (χ1v) is 5.63. The second kappa shape index (κ2) is 6.80. The maximum absolute atomic E-state index is 12.9. The number of urea groups is 1. The van der Waals surface area contributed by atoms with E-state index in [0.717, 1.165) is 6.07 Å². The zero-order valence-electron chi connectivity index (χ0n) is 10.5. The number of phenolic OH excluding ortho intramolecular Hbond substituents is 1. The normalized spacial score (nSPS) is 10.2. The van der Waals surface area contributed by atoms with Gasteiger partial charge < -0.3 is 20.6 Å². The monoisotopic (exact) mass is 255 g/mol. The number of halogens is 1. The molecule has 0 fully saturated rings. The molecule has 0 saturated carbocycles. The zero-order chi connectivity index (χ0) is 13.5. The summed E-state index contributed by atoms with van der Waals surface area (Å²) in [4.78, 5) is 12.6. The molecule has 0 unspecified atom stereocenters. The predicted octanol–water partition coefficient (Wildman–Crippen LogP) is 0.892. The van der Waals surface area contributed by atoms with E-state index in [2.05, 4.69) is 10.6 Å². The van der Waals surface area contributed by atoms with Crippen LogP contribution < -0.4 is 10.6 Å². The summed E-state index contributed by atoms with van der Waals surface area (Å²) in [5, 5.41) is 14.9. The summed E-state index contributed by atoms with van der Waals surface area (Å²) in [6.07, 6.45) is 0. The van der Waals surface area contributed by atoms with Crippen LogP contribution in [0.2, 0.25) is 0 Å². The van der Waals surface area contributed by atoms with Crippen molar-refractivity contribution < 1.29 is 14.3 Å². The first kappa shape index (κ1) is 14.2. The van der Waals surface area contributed by atoms with E-state index in [-0.39, 0.29) is 11.8 Å². The molecule has 2 amide bonds. The Bertz CT molecular complexity index is 390. The maximum atomic E-state index is 12.9. The second-order valence-electron chi connectivity index (χ2n) is 4.12. The summed E-state index contributed by atoms with van der Waals surface area (Å²) in [5.74, 6) is -0.555. The topological polar surface area (TPSA) is 64.6 Å². The van der Waals surface area contributed by atoms with Crippen molar-refractivity contribution in [1.29, 1.82) is 0 Å². The third kappa shape index (κ3) is 5.01. The minimum Gasteiger partial charge on any atom is -0.508 e. The summed E-state index contributed by atoms with van der Waals surface area (Å²) in [7, 11) is 3.33. The van der Waals surface area contributed by atoms with Crippen LogP contribution in [0, 0.1) is 5.82 Å². The maximum Gasteiger partial charge on any atom is 0.316 e. The van der Waals surface area contributed by atoms with Crippen molar-refractivity contribution in [2.45, 2.75) is 6.54 Å². The molecule has 0 aliphatic heterocycles. The fraction of sp³-hybridized carbons (Fsp3) is 0.417. The van der Waals surface area contributed by atoms with Gasteiger partial charge in [-0.3, -0.25) is 0 Å². The van der Waals surface area contributed by atoms with Crippen LogP contribution in [0.4, 0.5) is 9.18 Å². The number of phenols is 1. The molecule has 0 aliphatic rings. The Balaban J connectivity index is 2.24. The Labute approximate surface area is 106 Å². The van der Waals surface area contributed by atoms with E-state index in [1.54, 1.807) is 14.1 Å². The molecule has 0 atom stereocenters. The van der Waals surface area contributed by atoms with Crippen molar-refractivity contribution in [2.75, 3.05) is 27.2 Å². The van der Waals surface area contributed by atoms with Gasteiger partial charge in [0.1, 0.15) is 11.6 Å².